The average Bonchev–Trinajstić information content (AvgIpc) is 2.66. The Morgan fingerprint density at radius 2 is 2.15 bits per heavy atom. The first-order valence-corrected chi connectivity index (χ1v) is 8.57. The van der Waals surface area contributed by atoms with Gasteiger partial charge in [-0.1, -0.05) is 12.7 Å². The van der Waals surface area contributed by atoms with E-state index in [1.807, 2.05) is 0 Å². The van der Waals surface area contributed by atoms with Crippen LogP contribution in [0.2, 0.25) is 0 Å². The summed E-state index contributed by atoms with van der Waals surface area (Å²) in [5.74, 6) is -1.02. The number of methoxy groups -OCH3 is 1. The van der Waals surface area contributed by atoms with Crippen molar-refractivity contribution in [2.24, 2.45) is 11.8 Å². The van der Waals surface area contributed by atoms with Gasteiger partial charge in [-0.2, -0.15) is 0 Å². The predicted octanol–water partition coefficient (Wildman–Crippen LogP) is 2.12. The van der Waals surface area contributed by atoms with Gasteiger partial charge in [-0.15, -0.1) is 0 Å². The Kier molecular flexibility index (Phi) is 7.47. The largest absolute Gasteiger partial charge is 0.497 e. The van der Waals surface area contributed by atoms with Gasteiger partial charge in [0.25, 0.3) is 5.91 Å². The van der Waals surface area contributed by atoms with Gasteiger partial charge in [-0.25, -0.2) is 0 Å². The zero-order chi connectivity index (χ0) is 18.9. The lowest BCUT2D eigenvalue weighted by Crippen LogP contribution is -2.39. The van der Waals surface area contributed by atoms with Crippen LogP contribution >= 0.6 is 0 Å². The van der Waals surface area contributed by atoms with Crippen LogP contribution in [-0.4, -0.2) is 50.5 Å². The number of ether oxygens (including phenoxy) is 3. The van der Waals surface area contributed by atoms with Gasteiger partial charge in [0.1, 0.15) is 18.1 Å². The van der Waals surface area contributed by atoms with Crippen LogP contribution in [-0.2, 0) is 9.53 Å². The summed E-state index contributed by atoms with van der Waals surface area (Å²) in [5.41, 5.74) is 0.323. The number of amides is 1. The molecule has 2 rings (SSSR count). The molecule has 2 N–H and O–H groups in total. The lowest BCUT2D eigenvalue weighted by molar-refractivity contribution is -0.144. The lowest BCUT2D eigenvalue weighted by atomic mass is 9.86. The molecule has 1 aromatic rings. The molecule has 1 aliphatic heterocycles. The summed E-state index contributed by atoms with van der Waals surface area (Å²) in [4.78, 5) is 24.2. The van der Waals surface area contributed by atoms with E-state index in [1.165, 1.54) is 7.11 Å². The van der Waals surface area contributed by atoms with Crippen LogP contribution < -0.4 is 14.8 Å². The van der Waals surface area contributed by atoms with Crippen molar-refractivity contribution in [2.75, 3.05) is 33.5 Å². The molecule has 7 heteroatoms. The molecule has 0 aromatic heterocycles. The van der Waals surface area contributed by atoms with Gasteiger partial charge in [0.15, 0.2) is 0 Å². The lowest BCUT2D eigenvalue weighted by Gasteiger charge is -2.27. The Morgan fingerprint density at radius 1 is 1.42 bits per heavy atom. The fourth-order valence-electron chi connectivity index (χ4n) is 2.96. The molecular formula is C19H25NO6. The number of nitrogens with one attached hydrogen (secondary N) is 1. The second-order valence-electron chi connectivity index (χ2n) is 6.07. The quantitative estimate of drug-likeness (QED) is 0.653. The minimum Gasteiger partial charge on any atom is -0.497 e. The molecule has 0 bridgehead atoms. The van der Waals surface area contributed by atoms with Gasteiger partial charge in [-0.3, -0.25) is 9.59 Å². The van der Waals surface area contributed by atoms with Gasteiger partial charge in [0.2, 0.25) is 0 Å². The minimum absolute atomic E-state index is 0.00564. The molecule has 0 aliphatic carbocycles. The molecule has 1 unspecified atom stereocenters. The maximum atomic E-state index is 12.6. The van der Waals surface area contributed by atoms with Crippen LogP contribution in [0.4, 0.5) is 0 Å². The summed E-state index contributed by atoms with van der Waals surface area (Å²) in [6, 6.07) is 4.87. The number of rotatable bonds is 9. The number of hydrogen-bond acceptors (Lipinski definition) is 5. The molecule has 0 saturated carbocycles. The molecule has 1 amide bonds. The zero-order valence-electron chi connectivity index (χ0n) is 14.9. The number of hydrogen-bond donors (Lipinski definition) is 2. The van der Waals surface area contributed by atoms with Crippen molar-refractivity contribution in [3.8, 4) is 11.5 Å². The van der Waals surface area contributed by atoms with Gasteiger partial charge < -0.3 is 24.6 Å². The smallest absolute Gasteiger partial charge is 0.308 e. The van der Waals surface area contributed by atoms with Crippen molar-refractivity contribution in [3.63, 3.8) is 0 Å². The van der Waals surface area contributed by atoms with Crippen molar-refractivity contribution in [2.45, 2.75) is 12.8 Å². The molecule has 1 heterocycles. The monoisotopic (exact) mass is 363 g/mol. The topological polar surface area (TPSA) is 94.1 Å². The highest BCUT2D eigenvalue weighted by molar-refractivity contribution is 5.97. The van der Waals surface area contributed by atoms with Gasteiger partial charge in [0.05, 0.1) is 18.6 Å². The summed E-state index contributed by atoms with van der Waals surface area (Å²) in [6.07, 6.45) is 2.94. The summed E-state index contributed by atoms with van der Waals surface area (Å²) < 4.78 is 16.0. The molecule has 1 fully saturated rings. The zero-order valence-corrected chi connectivity index (χ0v) is 14.9. The maximum Gasteiger partial charge on any atom is 0.308 e. The van der Waals surface area contributed by atoms with Crippen molar-refractivity contribution in [1.29, 1.82) is 0 Å². The summed E-state index contributed by atoms with van der Waals surface area (Å²) >= 11 is 0. The van der Waals surface area contributed by atoms with Crippen LogP contribution in [0.15, 0.2) is 30.9 Å². The number of benzene rings is 1. The van der Waals surface area contributed by atoms with E-state index in [0.29, 0.717) is 43.1 Å². The molecule has 142 valence electrons. The van der Waals surface area contributed by atoms with Crippen LogP contribution in [0.5, 0.6) is 11.5 Å². The molecule has 0 radical (unpaired) electrons. The van der Waals surface area contributed by atoms with Gasteiger partial charge in [0, 0.05) is 25.8 Å². The fourth-order valence-corrected chi connectivity index (χ4v) is 2.96. The number of carboxylic acid groups (broad SMARTS) is 1. The average molecular weight is 363 g/mol. The Balaban J connectivity index is 2.07. The SMILES string of the molecule is C=CCOc1cc(OC)ccc1C(=O)NCC(C(=O)O)C1CCOCC1. The first-order valence-electron chi connectivity index (χ1n) is 8.57. The Morgan fingerprint density at radius 3 is 2.77 bits per heavy atom. The molecule has 0 spiro atoms. The third kappa shape index (κ3) is 5.23. The first-order chi connectivity index (χ1) is 12.6. The highest BCUT2D eigenvalue weighted by Crippen LogP contribution is 2.26. The number of carbonyl (C=O) groups is 2. The Bertz CT molecular complexity index is 639. The summed E-state index contributed by atoms with van der Waals surface area (Å²) in [5, 5.41) is 12.2. The second kappa shape index (κ2) is 9.82. The van der Waals surface area contributed by atoms with Crippen molar-refractivity contribution in [1.82, 2.24) is 5.32 Å². The molecule has 1 aromatic carbocycles. The number of carbonyl (C=O) groups excluding carboxylic acids is 1. The van der Waals surface area contributed by atoms with E-state index in [2.05, 4.69) is 11.9 Å². The van der Waals surface area contributed by atoms with Crippen molar-refractivity contribution < 1.29 is 28.9 Å². The molecule has 1 aliphatic rings. The molecule has 1 saturated heterocycles. The number of carboxylic acids is 1. The Hall–Kier alpha value is -2.54. The highest BCUT2D eigenvalue weighted by Gasteiger charge is 2.30. The molecule has 26 heavy (non-hydrogen) atoms. The van der Waals surface area contributed by atoms with E-state index in [9.17, 15) is 14.7 Å². The molecule has 7 nitrogen and oxygen atoms in total. The first kappa shape index (κ1) is 19.8. The number of aliphatic carboxylic acids is 1. The minimum atomic E-state index is -0.907. The summed E-state index contributed by atoms with van der Waals surface area (Å²) in [6.45, 7) is 5.01. The van der Waals surface area contributed by atoms with Crippen LogP contribution in [0, 0.1) is 11.8 Å². The van der Waals surface area contributed by atoms with Gasteiger partial charge in [-0.05, 0) is 30.9 Å². The third-order valence-corrected chi connectivity index (χ3v) is 4.42. The van der Waals surface area contributed by atoms with E-state index in [-0.39, 0.29) is 25.0 Å². The van der Waals surface area contributed by atoms with E-state index in [4.69, 9.17) is 14.2 Å². The Labute approximate surface area is 152 Å². The normalized spacial score (nSPS) is 15.7. The third-order valence-electron chi connectivity index (χ3n) is 4.42. The van der Waals surface area contributed by atoms with Crippen LogP contribution in [0.3, 0.4) is 0 Å². The predicted molar refractivity (Wildman–Crippen MR) is 95.7 cm³/mol. The maximum absolute atomic E-state index is 12.6. The van der Waals surface area contributed by atoms with Crippen LogP contribution in [0.1, 0.15) is 23.2 Å². The molecule has 1 atom stereocenters. The van der Waals surface area contributed by atoms with Crippen molar-refractivity contribution in [3.05, 3.63) is 36.4 Å². The fraction of sp³-hybridized carbons (Fsp3) is 0.474. The van der Waals surface area contributed by atoms with Crippen LogP contribution in [0.25, 0.3) is 0 Å². The summed E-state index contributed by atoms with van der Waals surface area (Å²) in [7, 11) is 1.53. The van der Waals surface area contributed by atoms with E-state index < -0.39 is 11.9 Å². The van der Waals surface area contributed by atoms with E-state index >= 15 is 0 Å². The standard InChI is InChI=1S/C19H25NO6/c1-3-8-26-17-11-14(24-2)4-5-15(17)18(21)20-12-16(19(22)23)13-6-9-25-10-7-13/h3-5,11,13,16H,1,6-10,12H2,2H3,(H,20,21)(H,22,23). The molecular weight excluding hydrogens is 338 g/mol. The van der Waals surface area contributed by atoms with E-state index in [1.54, 1.807) is 24.3 Å². The van der Waals surface area contributed by atoms with Gasteiger partial charge >= 0.3 is 5.97 Å². The highest BCUT2D eigenvalue weighted by atomic mass is 16.5. The van der Waals surface area contributed by atoms with E-state index in [0.717, 1.165) is 0 Å². The van der Waals surface area contributed by atoms with Crippen molar-refractivity contribution >= 4 is 11.9 Å². The second-order valence-corrected chi connectivity index (χ2v) is 6.07.